The van der Waals surface area contributed by atoms with Crippen molar-refractivity contribution in [3.63, 3.8) is 0 Å². The first-order valence-corrected chi connectivity index (χ1v) is 13.4. The Hall–Kier alpha value is -1.10. The Balaban J connectivity index is 0.000000151. The van der Waals surface area contributed by atoms with Crippen LogP contribution in [0, 0.1) is 33.5 Å². The molecule has 8 fully saturated rings. The Morgan fingerprint density at radius 1 is 0.727 bits per heavy atom. The first kappa shape index (κ1) is 23.6. The van der Waals surface area contributed by atoms with E-state index >= 15 is 0 Å². The monoisotopic (exact) mass is 458 g/mol. The SMILES string of the molecule is CC12CC3CC(C)(C1)CC(N)(C3)C2.CC12CC3CC(C)(C1)CC(NC(=O)CCC(=O)O)(C3)C2. The molecule has 0 aromatic carbocycles. The summed E-state index contributed by atoms with van der Waals surface area (Å²) in [4.78, 5) is 22.7. The Morgan fingerprint density at radius 2 is 1.18 bits per heavy atom. The van der Waals surface area contributed by atoms with E-state index in [0.717, 1.165) is 31.1 Å². The molecule has 4 atom stereocenters. The molecule has 0 aromatic heterocycles. The van der Waals surface area contributed by atoms with Gasteiger partial charge in [0.15, 0.2) is 0 Å². The van der Waals surface area contributed by atoms with Gasteiger partial charge in [-0.3, -0.25) is 9.59 Å². The number of amides is 1. The second-order valence-corrected chi connectivity index (χ2v) is 15.3. The standard InChI is InChI=1S/C16H25NO3.C12H21N/c1-14-5-11-6-15(2,8-14)10-16(7-11,9-14)17-12(18)3-4-13(19)20;1-10-3-9-4-11(2,6-10)8-12(13,5-9)7-10/h11H,3-10H2,1-2H3,(H,17,18)(H,19,20);9H,3-8,13H2,1-2H3. The summed E-state index contributed by atoms with van der Waals surface area (Å²) in [6, 6.07) is 0. The van der Waals surface area contributed by atoms with Crippen molar-refractivity contribution >= 4 is 11.9 Å². The van der Waals surface area contributed by atoms with Crippen LogP contribution in [-0.4, -0.2) is 28.1 Å². The van der Waals surface area contributed by atoms with Crippen molar-refractivity contribution in [2.75, 3.05) is 0 Å². The molecule has 33 heavy (non-hydrogen) atoms. The van der Waals surface area contributed by atoms with Crippen molar-refractivity contribution in [1.29, 1.82) is 0 Å². The number of hydrogen-bond acceptors (Lipinski definition) is 3. The zero-order valence-corrected chi connectivity index (χ0v) is 21.4. The Bertz CT molecular complexity index is 783. The number of hydrogen-bond donors (Lipinski definition) is 3. The Morgan fingerprint density at radius 3 is 1.58 bits per heavy atom. The van der Waals surface area contributed by atoms with E-state index in [9.17, 15) is 9.59 Å². The maximum Gasteiger partial charge on any atom is 0.303 e. The number of rotatable bonds is 4. The molecular weight excluding hydrogens is 412 g/mol. The molecule has 186 valence electrons. The van der Waals surface area contributed by atoms with E-state index in [0.29, 0.717) is 21.7 Å². The third-order valence-electron chi connectivity index (χ3n) is 10.3. The summed E-state index contributed by atoms with van der Waals surface area (Å²) < 4.78 is 0. The van der Waals surface area contributed by atoms with Crippen molar-refractivity contribution in [1.82, 2.24) is 5.32 Å². The number of nitrogens with two attached hydrogens (primary N) is 1. The summed E-state index contributed by atoms with van der Waals surface area (Å²) in [5.41, 5.74) is 8.60. The Kier molecular flexibility index (Phi) is 5.16. The van der Waals surface area contributed by atoms with Crippen LogP contribution in [0.1, 0.15) is 118 Å². The van der Waals surface area contributed by atoms with Crippen molar-refractivity contribution in [3.8, 4) is 0 Å². The van der Waals surface area contributed by atoms with Gasteiger partial charge in [0.25, 0.3) is 0 Å². The maximum atomic E-state index is 12.1. The third-order valence-corrected chi connectivity index (χ3v) is 10.3. The molecule has 0 aliphatic heterocycles. The molecule has 0 heterocycles. The molecule has 8 saturated carbocycles. The molecule has 0 spiro atoms. The summed E-state index contributed by atoms with van der Waals surface area (Å²) in [6.45, 7) is 9.68. The highest BCUT2D eigenvalue weighted by Crippen LogP contribution is 2.67. The predicted molar refractivity (Wildman–Crippen MR) is 129 cm³/mol. The van der Waals surface area contributed by atoms with Gasteiger partial charge in [-0.1, -0.05) is 27.7 Å². The molecule has 8 aliphatic rings. The molecule has 8 bridgehead atoms. The van der Waals surface area contributed by atoms with Crippen LogP contribution < -0.4 is 11.1 Å². The van der Waals surface area contributed by atoms with Crippen LogP contribution in [0.2, 0.25) is 0 Å². The minimum atomic E-state index is -0.899. The lowest BCUT2D eigenvalue weighted by Crippen LogP contribution is -2.65. The van der Waals surface area contributed by atoms with Gasteiger partial charge in [0.2, 0.25) is 5.91 Å². The molecule has 5 nitrogen and oxygen atoms in total. The Labute approximate surface area is 200 Å². The molecule has 8 rings (SSSR count). The van der Waals surface area contributed by atoms with Gasteiger partial charge < -0.3 is 16.2 Å². The quantitative estimate of drug-likeness (QED) is 0.525. The van der Waals surface area contributed by atoms with Crippen LogP contribution in [0.25, 0.3) is 0 Å². The minimum Gasteiger partial charge on any atom is -0.481 e. The average molecular weight is 459 g/mol. The normalized spacial score (nSPS) is 52.9. The lowest BCUT2D eigenvalue weighted by molar-refractivity contribution is -0.144. The van der Waals surface area contributed by atoms with E-state index in [-0.39, 0.29) is 29.8 Å². The zero-order chi connectivity index (χ0) is 23.9. The maximum absolute atomic E-state index is 12.1. The molecule has 4 unspecified atom stereocenters. The van der Waals surface area contributed by atoms with Gasteiger partial charge >= 0.3 is 5.97 Å². The lowest BCUT2D eigenvalue weighted by atomic mass is 9.43. The van der Waals surface area contributed by atoms with Gasteiger partial charge in [0.1, 0.15) is 0 Å². The summed E-state index contributed by atoms with van der Waals surface area (Å²) in [6.07, 6.45) is 15.4. The van der Waals surface area contributed by atoms with Gasteiger partial charge in [0.05, 0.1) is 6.42 Å². The van der Waals surface area contributed by atoms with Gasteiger partial charge in [-0.15, -0.1) is 0 Å². The largest absolute Gasteiger partial charge is 0.481 e. The highest BCUT2D eigenvalue weighted by atomic mass is 16.4. The molecule has 5 heteroatoms. The van der Waals surface area contributed by atoms with Gasteiger partial charge in [0, 0.05) is 17.5 Å². The van der Waals surface area contributed by atoms with Crippen LogP contribution in [0.3, 0.4) is 0 Å². The molecule has 4 N–H and O–H groups in total. The number of aliphatic carboxylic acids is 1. The highest BCUT2D eigenvalue weighted by Gasteiger charge is 2.61. The second-order valence-electron chi connectivity index (χ2n) is 15.3. The van der Waals surface area contributed by atoms with Crippen LogP contribution in [-0.2, 0) is 9.59 Å². The molecule has 0 aromatic rings. The second kappa shape index (κ2) is 7.21. The molecular formula is C28H46N2O3. The number of nitrogens with one attached hydrogen (secondary N) is 1. The summed E-state index contributed by atoms with van der Waals surface area (Å²) >= 11 is 0. The van der Waals surface area contributed by atoms with Crippen molar-refractivity contribution in [2.24, 2.45) is 39.2 Å². The van der Waals surface area contributed by atoms with E-state index in [1.807, 2.05) is 0 Å². The summed E-state index contributed by atoms with van der Waals surface area (Å²) in [7, 11) is 0. The van der Waals surface area contributed by atoms with Crippen LogP contribution in [0.5, 0.6) is 0 Å². The summed E-state index contributed by atoms with van der Waals surface area (Å²) in [5, 5.41) is 11.9. The van der Waals surface area contributed by atoms with E-state index in [4.69, 9.17) is 10.8 Å². The third kappa shape index (κ3) is 4.60. The van der Waals surface area contributed by atoms with E-state index in [1.54, 1.807) is 0 Å². The number of carbonyl (C=O) groups excluding carboxylic acids is 1. The van der Waals surface area contributed by atoms with Crippen molar-refractivity contribution in [2.45, 2.75) is 129 Å². The zero-order valence-electron chi connectivity index (χ0n) is 21.4. The fourth-order valence-corrected chi connectivity index (χ4v) is 11.7. The molecule has 0 radical (unpaired) electrons. The minimum absolute atomic E-state index is 0.0570. The first-order chi connectivity index (χ1) is 15.1. The van der Waals surface area contributed by atoms with Crippen LogP contribution in [0.4, 0.5) is 0 Å². The number of carboxylic acid groups (broad SMARTS) is 1. The van der Waals surface area contributed by atoms with Crippen molar-refractivity contribution in [3.05, 3.63) is 0 Å². The number of carbonyl (C=O) groups is 2. The molecule has 0 saturated heterocycles. The van der Waals surface area contributed by atoms with Gasteiger partial charge in [-0.25, -0.2) is 0 Å². The van der Waals surface area contributed by atoms with Crippen LogP contribution >= 0.6 is 0 Å². The van der Waals surface area contributed by atoms with Crippen molar-refractivity contribution < 1.29 is 14.7 Å². The van der Waals surface area contributed by atoms with E-state index in [2.05, 4.69) is 33.0 Å². The fourth-order valence-electron chi connectivity index (χ4n) is 11.7. The summed E-state index contributed by atoms with van der Waals surface area (Å²) in [5.74, 6) is 0.711. The fraction of sp³-hybridized carbons (Fsp3) is 0.929. The predicted octanol–water partition coefficient (Wildman–Crippen LogP) is 5.41. The first-order valence-electron chi connectivity index (χ1n) is 13.4. The van der Waals surface area contributed by atoms with E-state index < -0.39 is 5.97 Å². The topological polar surface area (TPSA) is 92.4 Å². The molecule has 1 amide bonds. The smallest absolute Gasteiger partial charge is 0.303 e. The van der Waals surface area contributed by atoms with E-state index in [1.165, 1.54) is 57.8 Å². The van der Waals surface area contributed by atoms with Gasteiger partial charge in [-0.05, 0) is 111 Å². The average Bonchev–Trinajstić information content (AvgIpc) is 2.52. The van der Waals surface area contributed by atoms with Crippen LogP contribution in [0.15, 0.2) is 0 Å². The highest BCUT2D eigenvalue weighted by molar-refractivity contribution is 5.81. The van der Waals surface area contributed by atoms with Gasteiger partial charge in [-0.2, -0.15) is 0 Å². The lowest BCUT2D eigenvalue weighted by Gasteiger charge is -2.65. The number of carboxylic acids is 1. The molecule has 8 aliphatic carbocycles.